The van der Waals surface area contributed by atoms with E-state index in [0.717, 1.165) is 45.5 Å². The lowest BCUT2D eigenvalue weighted by Gasteiger charge is -2.45. The number of nitrogens with two attached hydrogens (primary N) is 1. The Morgan fingerprint density at radius 3 is 1.21 bits per heavy atom. The number of fused-ring (bicyclic) bond motifs is 6. The van der Waals surface area contributed by atoms with E-state index in [0.29, 0.717) is 0 Å². The van der Waals surface area contributed by atoms with Crippen LogP contribution in [0.1, 0.15) is 79.0 Å². The molecule has 9 aromatic carbocycles. The average Bonchev–Trinajstić information content (AvgIpc) is 3.30. The van der Waals surface area contributed by atoms with Crippen molar-refractivity contribution in [2.75, 3.05) is 20.4 Å². The Kier molecular flexibility index (Phi) is 9.76. The number of benzene rings is 9. The second kappa shape index (κ2) is 15.4. The summed E-state index contributed by atoms with van der Waals surface area (Å²) in [7, 11) is 0. The van der Waals surface area contributed by atoms with Gasteiger partial charge in [0, 0.05) is 51.2 Å². The fourth-order valence-electron chi connectivity index (χ4n) is 10.4. The van der Waals surface area contributed by atoms with E-state index in [4.69, 9.17) is 5.73 Å². The molecule has 330 valence electrons. The van der Waals surface area contributed by atoms with Gasteiger partial charge in [0.15, 0.2) is 0 Å². The molecule has 0 aromatic heterocycles. The molecule has 0 bridgehead atoms. The van der Waals surface area contributed by atoms with Crippen LogP contribution in [0, 0.1) is 0 Å². The summed E-state index contributed by atoms with van der Waals surface area (Å²) in [5.41, 5.74) is 25.1. The van der Waals surface area contributed by atoms with Gasteiger partial charge in [-0.25, -0.2) is 0 Å². The maximum Gasteiger partial charge on any atom is 0.252 e. The Labute approximate surface area is 397 Å². The minimum atomic E-state index is -0.0557. The Morgan fingerprint density at radius 2 is 0.776 bits per heavy atom. The van der Waals surface area contributed by atoms with Crippen LogP contribution in [0.25, 0.3) is 21.5 Å². The van der Waals surface area contributed by atoms with E-state index in [1.54, 1.807) is 0 Å². The smallest absolute Gasteiger partial charge is 0.252 e. The molecule has 0 saturated heterocycles. The molecule has 0 fully saturated rings. The van der Waals surface area contributed by atoms with Gasteiger partial charge in [-0.1, -0.05) is 159 Å². The van der Waals surface area contributed by atoms with Gasteiger partial charge in [-0.2, -0.15) is 0 Å². The molecule has 0 spiro atoms. The molecule has 11 rings (SSSR count). The first-order valence-electron chi connectivity index (χ1n) is 23.8. The van der Waals surface area contributed by atoms with Crippen molar-refractivity contribution in [1.29, 1.82) is 0 Å². The van der Waals surface area contributed by atoms with E-state index >= 15 is 0 Å². The van der Waals surface area contributed by atoms with Crippen molar-refractivity contribution in [3.05, 3.63) is 199 Å². The highest BCUT2D eigenvalue weighted by molar-refractivity contribution is 7.00. The average molecular weight is 871 g/mol. The summed E-state index contributed by atoms with van der Waals surface area (Å²) in [4.78, 5) is 7.51. The molecule has 0 amide bonds. The van der Waals surface area contributed by atoms with E-state index in [2.05, 4.69) is 247 Å². The fraction of sp³-hybridized carbons (Fsp3) is 0.194. The van der Waals surface area contributed by atoms with E-state index in [9.17, 15) is 0 Å². The fourth-order valence-corrected chi connectivity index (χ4v) is 10.4. The number of rotatable bonds is 5. The van der Waals surface area contributed by atoms with Gasteiger partial charge in [0.2, 0.25) is 0 Å². The van der Waals surface area contributed by atoms with Crippen molar-refractivity contribution in [2.24, 2.45) is 0 Å². The molecule has 2 heterocycles. The molecular formula is C62H59BN4. The molecule has 2 N–H and O–H groups in total. The minimum Gasteiger partial charge on any atom is -0.399 e. The Balaban J connectivity index is 1.28. The van der Waals surface area contributed by atoms with Gasteiger partial charge >= 0.3 is 0 Å². The summed E-state index contributed by atoms with van der Waals surface area (Å²) in [5, 5.41) is 4.82. The molecule has 67 heavy (non-hydrogen) atoms. The van der Waals surface area contributed by atoms with Gasteiger partial charge in [-0.3, -0.25) is 0 Å². The quantitative estimate of drug-likeness (QED) is 0.138. The maximum atomic E-state index is 6.45. The van der Waals surface area contributed by atoms with E-state index in [1.165, 1.54) is 66.0 Å². The first kappa shape index (κ1) is 42.4. The molecule has 0 saturated carbocycles. The molecule has 9 aromatic rings. The second-order valence-electron chi connectivity index (χ2n) is 21.8. The summed E-state index contributed by atoms with van der Waals surface area (Å²) in [5.74, 6) is 0. The molecule has 0 radical (unpaired) electrons. The van der Waals surface area contributed by atoms with Crippen LogP contribution in [0.4, 0.5) is 56.9 Å². The van der Waals surface area contributed by atoms with Crippen LogP contribution >= 0.6 is 0 Å². The second-order valence-corrected chi connectivity index (χ2v) is 21.8. The third kappa shape index (κ3) is 7.33. The van der Waals surface area contributed by atoms with E-state index in [-0.39, 0.29) is 23.0 Å². The van der Waals surface area contributed by atoms with Crippen molar-refractivity contribution < 1.29 is 0 Å². The lowest BCUT2D eigenvalue weighted by Crippen LogP contribution is -2.61. The van der Waals surface area contributed by atoms with Crippen LogP contribution in [0.5, 0.6) is 0 Å². The van der Waals surface area contributed by atoms with Gasteiger partial charge in [0.25, 0.3) is 6.71 Å². The van der Waals surface area contributed by atoms with Gasteiger partial charge in [0.1, 0.15) is 0 Å². The molecule has 0 atom stereocenters. The van der Waals surface area contributed by atoms with Crippen LogP contribution in [0.3, 0.4) is 0 Å². The van der Waals surface area contributed by atoms with Crippen molar-refractivity contribution in [2.45, 2.75) is 78.6 Å². The van der Waals surface area contributed by atoms with Crippen LogP contribution < -0.4 is 36.8 Å². The molecular weight excluding hydrogens is 812 g/mol. The predicted molar refractivity (Wildman–Crippen MR) is 291 cm³/mol. The van der Waals surface area contributed by atoms with Crippen molar-refractivity contribution >= 4 is 102 Å². The first-order chi connectivity index (χ1) is 32.0. The van der Waals surface area contributed by atoms with Crippen LogP contribution in [-0.2, 0) is 16.2 Å². The normalized spacial score (nSPS) is 13.4. The zero-order valence-electron chi connectivity index (χ0n) is 40.3. The zero-order chi connectivity index (χ0) is 46.6. The Bertz CT molecular complexity index is 3310. The lowest BCUT2D eigenvalue weighted by atomic mass is 9.33. The maximum absolute atomic E-state index is 6.45. The molecule has 5 heteroatoms. The standard InChI is InChI=1S/C62H59BN4/c1-60(2,3)44-20-28-48(29-21-44)66-55-32-22-45(61(4,5)6)36-53(55)63-54-37-46(62(7,8)9)23-33-56(54)67(49-30-24-47(64)25-31-49)58-39-52(38-57(66)59(58)63)65(50-26-18-40-14-10-12-16-42(40)34-50)51-27-19-41-15-11-13-17-43(41)35-51/h10-39H,64H2,1-9H3. The van der Waals surface area contributed by atoms with Crippen LogP contribution in [-0.4, -0.2) is 6.71 Å². The summed E-state index contributed by atoms with van der Waals surface area (Å²) in [6, 6.07) is 68.2. The molecule has 0 unspecified atom stereocenters. The number of nitrogens with zero attached hydrogens (tertiary/aromatic N) is 3. The summed E-state index contributed by atoms with van der Waals surface area (Å²) >= 11 is 0. The first-order valence-corrected chi connectivity index (χ1v) is 23.8. The van der Waals surface area contributed by atoms with Gasteiger partial charge in [-0.15, -0.1) is 0 Å². The van der Waals surface area contributed by atoms with Crippen molar-refractivity contribution in [1.82, 2.24) is 0 Å². The third-order valence-electron chi connectivity index (χ3n) is 14.2. The van der Waals surface area contributed by atoms with Gasteiger partial charge in [0.05, 0.1) is 5.69 Å². The zero-order valence-corrected chi connectivity index (χ0v) is 40.3. The van der Waals surface area contributed by atoms with Crippen molar-refractivity contribution in [3.63, 3.8) is 0 Å². The minimum absolute atomic E-state index is 0.0123. The monoisotopic (exact) mass is 870 g/mol. The summed E-state index contributed by atoms with van der Waals surface area (Å²) in [6.07, 6.45) is 0. The highest BCUT2D eigenvalue weighted by atomic mass is 15.2. The van der Waals surface area contributed by atoms with Crippen molar-refractivity contribution in [3.8, 4) is 0 Å². The molecule has 0 aliphatic carbocycles. The Hall–Kier alpha value is -7.24. The number of hydrogen-bond donors (Lipinski definition) is 1. The molecule has 4 nitrogen and oxygen atoms in total. The molecule has 2 aliphatic rings. The lowest BCUT2D eigenvalue weighted by molar-refractivity contribution is 0.590. The van der Waals surface area contributed by atoms with Gasteiger partial charge in [-0.05, 0) is 156 Å². The SMILES string of the molecule is CC(C)(C)c1ccc(N2c3ccc(C(C)(C)C)cc3B3c4cc(C(C)(C)C)ccc4N(c4ccc(N)cc4)c4cc(N(c5ccc6ccccc6c5)c5ccc6ccccc6c5)cc2c43)cc1. The van der Waals surface area contributed by atoms with Crippen LogP contribution in [0.2, 0.25) is 0 Å². The van der Waals surface area contributed by atoms with Gasteiger partial charge < -0.3 is 20.4 Å². The highest BCUT2D eigenvalue weighted by Crippen LogP contribution is 2.49. The predicted octanol–water partition coefficient (Wildman–Crippen LogP) is 15.0. The topological polar surface area (TPSA) is 35.7 Å². The van der Waals surface area contributed by atoms with E-state index < -0.39 is 0 Å². The number of nitrogen functional groups attached to an aromatic ring is 1. The summed E-state index contributed by atoms with van der Waals surface area (Å²) in [6.45, 7) is 20.8. The summed E-state index contributed by atoms with van der Waals surface area (Å²) < 4.78 is 0. The largest absolute Gasteiger partial charge is 0.399 e. The molecule has 2 aliphatic heterocycles. The van der Waals surface area contributed by atoms with Crippen LogP contribution in [0.15, 0.2) is 182 Å². The number of hydrogen-bond acceptors (Lipinski definition) is 4. The Morgan fingerprint density at radius 1 is 0.373 bits per heavy atom. The number of anilines is 10. The third-order valence-corrected chi connectivity index (χ3v) is 14.2. The highest BCUT2D eigenvalue weighted by Gasteiger charge is 2.45. The van der Waals surface area contributed by atoms with E-state index in [1.807, 2.05) is 12.1 Å².